The second kappa shape index (κ2) is 5.44. The molecule has 108 valence electrons. The first-order valence-electron chi connectivity index (χ1n) is 6.43. The normalized spacial score (nSPS) is 13.0. The van der Waals surface area contributed by atoms with E-state index in [2.05, 4.69) is 20.9 Å². The molecule has 1 heterocycles. The molecule has 0 fully saturated rings. The number of fused-ring (bicyclic) bond motifs is 1. The van der Waals surface area contributed by atoms with Crippen molar-refractivity contribution in [2.75, 3.05) is 0 Å². The van der Waals surface area contributed by atoms with Gasteiger partial charge in [0.25, 0.3) is 0 Å². The Kier molecular flexibility index (Phi) is 3.63. The molecule has 0 aliphatic heterocycles. The Morgan fingerprint density at radius 2 is 2.14 bits per heavy atom. The van der Waals surface area contributed by atoms with Crippen molar-refractivity contribution >= 4 is 21.9 Å². The van der Waals surface area contributed by atoms with E-state index in [1.165, 1.54) is 18.2 Å². The number of carboxylic acids is 1. The molecular formula is C15H11BrFNO3. The van der Waals surface area contributed by atoms with Crippen LogP contribution in [0.1, 0.15) is 28.0 Å². The van der Waals surface area contributed by atoms with E-state index >= 15 is 0 Å². The van der Waals surface area contributed by atoms with Crippen LogP contribution in [0.3, 0.4) is 0 Å². The SMILES string of the molecule is O=C(O)c1cc2c(nc1Oc1ccc(F)cc1Br)CCC2. The maximum Gasteiger partial charge on any atom is 0.341 e. The molecule has 21 heavy (non-hydrogen) atoms. The van der Waals surface area contributed by atoms with Crippen molar-refractivity contribution in [3.8, 4) is 11.6 Å². The van der Waals surface area contributed by atoms with Crippen LogP contribution in [0, 0.1) is 5.82 Å². The largest absolute Gasteiger partial charge is 0.477 e. The molecule has 0 saturated carbocycles. The van der Waals surface area contributed by atoms with Crippen molar-refractivity contribution in [2.45, 2.75) is 19.3 Å². The van der Waals surface area contributed by atoms with Crippen molar-refractivity contribution in [2.24, 2.45) is 0 Å². The zero-order valence-electron chi connectivity index (χ0n) is 10.9. The van der Waals surface area contributed by atoms with Crippen LogP contribution < -0.4 is 4.74 Å². The molecule has 0 unspecified atom stereocenters. The number of aromatic nitrogens is 1. The predicted octanol–water partition coefficient (Wildman–Crippen LogP) is 3.96. The molecule has 0 saturated heterocycles. The van der Waals surface area contributed by atoms with Gasteiger partial charge in [-0.25, -0.2) is 14.2 Å². The monoisotopic (exact) mass is 351 g/mol. The number of pyridine rings is 1. The van der Waals surface area contributed by atoms with E-state index in [0.29, 0.717) is 10.2 Å². The summed E-state index contributed by atoms with van der Waals surface area (Å²) in [5.74, 6) is -1.14. The van der Waals surface area contributed by atoms with Crippen LogP contribution in [-0.4, -0.2) is 16.1 Å². The molecule has 1 aliphatic rings. The molecular weight excluding hydrogens is 341 g/mol. The summed E-state index contributed by atoms with van der Waals surface area (Å²) in [6.45, 7) is 0. The standard InChI is InChI=1S/C15H11BrFNO3/c16-11-7-9(17)4-5-13(11)21-14-10(15(19)20)6-8-2-1-3-12(8)18-14/h4-7H,1-3H2,(H,19,20). The van der Waals surface area contributed by atoms with Crippen molar-refractivity contribution in [3.63, 3.8) is 0 Å². The summed E-state index contributed by atoms with van der Waals surface area (Å²) < 4.78 is 19.1. The average molecular weight is 352 g/mol. The van der Waals surface area contributed by atoms with Gasteiger partial charge in [-0.15, -0.1) is 0 Å². The van der Waals surface area contributed by atoms with Crippen LogP contribution in [0.5, 0.6) is 11.6 Å². The van der Waals surface area contributed by atoms with Gasteiger partial charge in [0, 0.05) is 5.69 Å². The lowest BCUT2D eigenvalue weighted by Crippen LogP contribution is -2.05. The molecule has 3 rings (SSSR count). The first-order chi connectivity index (χ1) is 10.0. The molecule has 0 bridgehead atoms. The number of benzene rings is 1. The zero-order valence-corrected chi connectivity index (χ0v) is 12.5. The molecule has 0 spiro atoms. The summed E-state index contributed by atoms with van der Waals surface area (Å²) >= 11 is 3.19. The minimum absolute atomic E-state index is 0.0203. The minimum atomic E-state index is -1.09. The van der Waals surface area contributed by atoms with Crippen LogP contribution >= 0.6 is 15.9 Å². The molecule has 4 nitrogen and oxygen atoms in total. The third kappa shape index (κ3) is 2.76. The minimum Gasteiger partial charge on any atom is -0.477 e. The fourth-order valence-electron chi connectivity index (χ4n) is 2.35. The van der Waals surface area contributed by atoms with Gasteiger partial charge in [0.05, 0.1) is 4.47 Å². The van der Waals surface area contributed by atoms with Crippen LogP contribution in [0.4, 0.5) is 4.39 Å². The number of hydrogen-bond acceptors (Lipinski definition) is 3. The smallest absolute Gasteiger partial charge is 0.341 e. The van der Waals surface area contributed by atoms with Crippen molar-refractivity contribution in [1.82, 2.24) is 4.98 Å². The number of rotatable bonds is 3. The van der Waals surface area contributed by atoms with Crippen molar-refractivity contribution < 1.29 is 19.0 Å². The fourth-order valence-corrected chi connectivity index (χ4v) is 2.78. The number of aromatic carboxylic acids is 1. The lowest BCUT2D eigenvalue weighted by atomic mass is 10.1. The van der Waals surface area contributed by atoms with E-state index in [-0.39, 0.29) is 11.4 Å². The number of nitrogens with zero attached hydrogens (tertiary/aromatic N) is 1. The summed E-state index contributed by atoms with van der Waals surface area (Å²) in [4.78, 5) is 15.7. The highest BCUT2D eigenvalue weighted by atomic mass is 79.9. The van der Waals surface area contributed by atoms with Crippen molar-refractivity contribution in [3.05, 3.63) is 51.4 Å². The molecule has 6 heteroatoms. The summed E-state index contributed by atoms with van der Waals surface area (Å²) in [6, 6.07) is 5.54. The molecule has 2 aromatic rings. The highest BCUT2D eigenvalue weighted by molar-refractivity contribution is 9.10. The number of carbonyl (C=O) groups is 1. The Balaban J connectivity index is 2.03. The second-order valence-electron chi connectivity index (χ2n) is 4.78. The Hall–Kier alpha value is -1.95. The number of aryl methyl sites for hydroxylation is 2. The van der Waals surface area contributed by atoms with Gasteiger partial charge < -0.3 is 9.84 Å². The summed E-state index contributed by atoms with van der Waals surface area (Å²) in [5, 5.41) is 9.30. The average Bonchev–Trinajstić information content (AvgIpc) is 2.88. The maximum atomic E-state index is 13.1. The van der Waals surface area contributed by atoms with Gasteiger partial charge in [0.15, 0.2) is 0 Å². The van der Waals surface area contributed by atoms with Crippen LogP contribution in [0.25, 0.3) is 0 Å². The fraction of sp³-hybridized carbons (Fsp3) is 0.200. The third-order valence-corrected chi connectivity index (χ3v) is 3.97. The van der Waals surface area contributed by atoms with Crippen LogP contribution in [0.15, 0.2) is 28.7 Å². The second-order valence-corrected chi connectivity index (χ2v) is 5.64. The van der Waals surface area contributed by atoms with Crippen molar-refractivity contribution in [1.29, 1.82) is 0 Å². The predicted molar refractivity (Wildman–Crippen MR) is 77.4 cm³/mol. The van der Waals surface area contributed by atoms with Gasteiger partial charge in [-0.05, 0) is 65.0 Å². The number of halogens is 2. The van der Waals surface area contributed by atoms with E-state index in [4.69, 9.17) is 4.74 Å². The molecule has 1 aliphatic carbocycles. The van der Waals surface area contributed by atoms with Gasteiger partial charge in [-0.1, -0.05) is 0 Å². The number of hydrogen-bond donors (Lipinski definition) is 1. The quantitative estimate of drug-likeness (QED) is 0.908. The van der Waals surface area contributed by atoms with E-state index in [1.807, 2.05) is 0 Å². The Morgan fingerprint density at radius 1 is 1.33 bits per heavy atom. The van der Waals surface area contributed by atoms with Gasteiger partial charge in [-0.2, -0.15) is 0 Å². The Labute approximate surface area is 128 Å². The molecule has 0 radical (unpaired) electrons. The Morgan fingerprint density at radius 3 is 2.86 bits per heavy atom. The first-order valence-corrected chi connectivity index (χ1v) is 7.23. The highest BCUT2D eigenvalue weighted by Gasteiger charge is 2.21. The van der Waals surface area contributed by atoms with Gasteiger partial charge in [0.2, 0.25) is 5.88 Å². The van der Waals surface area contributed by atoms with E-state index in [0.717, 1.165) is 30.5 Å². The molecule has 1 aromatic carbocycles. The molecule has 0 amide bonds. The number of carboxylic acid groups (broad SMARTS) is 1. The molecule has 0 atom stereocenters. The number of ether oxygens (including phenoxy) is 1. The van der Waals surface area contributed by atoms with Gasteiger partial charge in [0.1, 0.15) is 17.1 Å². The molecule has 1 aromatic heterocycles. The lowest BCUT2D eigenvalue weighted by molar-refractivity contribution is 0.0693. The van der Waals surface area contributed by atoms with E-state index < -0.39 is 11.8 Å². The summed E-state index contributed by atoms with van der Waals surface area (Å²) in [5.41, 5.74) is 1.85. The van der Waals surface area contributed by atoms with E-state index in [9.17, 15) is 14.3 Å². The van der Waals surface area contributed by atoms with Crippen LogP contribution in [0.2, 0.25) is 0 Å². The first kappa shape index (κ1) is 14.0. The topological polar surface area (TPSA) is 59.4 Å². The summed E-state index contributed by atoms with van der Waals surface area (Å²) in [7, 11) is 0. The van der Waals surface area contributed by atoms with Crippen LogP contribution in [-0.2, 0) is 12.8 Å². The van der Waals surface area contributed by atoms with Gasteiger partial charge in [-0.3, -0.25) is 0 Å². The lowest BCUT2D eigenvalue weighted by Gasteiger charge is -2.11. The zero-order chi connectivity index (χ0) is 15.0. The highest BCUT2D eigenvalue weighted by Crippen LogP contribution is 2.33. The maximum absolute atomic E-state index is 13.1. The van der Waals surface area contributed by atoms with Gasteiger partial charge >= 0.3 is 5.97 Å². The third-order valence-electron chi connectivity index (χ3n) is 3.35. The Bertz CT molecular complexity index is 733. The van der Waals surface area contributed by atoms with E-state index in [1.54, 1.807) is 6.07 Å². The molecule has 1 N–H and O–H groups in total. The summed E-state index contributed by atoms with van der Waals surface area (Å²) in [6.07, 6.45) is 2.62.